The van der Waals surface area contributed by atoms with Crippen LogP contribution in [0.2, 0.25) is 0 Å². The molecule has 0 saturated carbocycles. The van der Waals surface area contributed by atoms with Crippen molar-refractivity contribution in [1.29, 1.82) is 0 Å². The summed E-state index contributed by atoms with van der Waals surface area (Å²) in [6.07, 6.45) is 0.847. The number of rotatable bonds is 6. The van der Waals surface area contributed by atoms with Crippen molar-refractivity contribution in [3.63, 3.8) is 0 Å². The Bertz CT molecular complexity index is 493. The van der Waals surface area contributed by atoms with Crippen LogP contribution in [-0.2, 0) is 14.3 Å². The maximum atomic E-state index is 10.8. The van der Waals surface area contributed by atoms with E-state index in [2.05, 4.69) is 4.74 Å². The average molecular weight is 310 g/mol. The van der Waals surface area contributed by atoms with Crippen LogP contribution in [-0.4, -0.2) is 35.2 Å². The highest BCUT2D eigenvalue weighted by atomic mass is 16.5. The average Bonchev–Trinajstić information content (AvgIpc) is 2.47. The molecular weight excluding hydrogens is 288 g/mol. The normalized spacial score (nSPS) is 10.1. The molecule has 6 heteroatoms. The highest BCUT2D eigenvalue weighted by Gasteiger charge is 2.26. The Morgan fingerprint density at radius 1 is 1.09 bits per heavy atom. The number of hydrogen-bond donors (Lipinski definition) is 2. The summed E-state index contributed by atoms with van der Waals surface area (Å²) in [5.41, 5.74) is -0.222. The van der Waals surface area contributed by atoms with Crippen LogP contribution < -0.4 is 0 Å². The van der Waals surface area contributed by atoms with E-state index in [0.717, 1.165) is 0 Å². The van der Waals surface area contributed by atoms with Crippen LogP contribution in [0.15, 0.2) is 30.3 Å². The van der Waals surface area contributed by atoms with Crippen LogP contribution in [0.4, 0.5) is 0 Å². The van der Waals surface area contributed by atoms with Gasteiger partial charge in [0, 0.05) is 6.42 Å². The molecule has 0 aliphatic rings. The fraction of sp³-hybridized carbons (Fsp3) is 0.438. The molecule has 2 N–H and O–H groups in total. The fourth-order valence-corrected chi connectivity index (χ4v) is 1.48. The van der Waals surface area contributed by atoms with Crippen molar-refractivity contribution in [1.82, 2.24) is 0 Å². The number of ether oxygens (including phenoxy) is 1. The Balaban J connectivity index is 0.000000406. The van der Waals surface area contributed by atoms with Crippen molar-refractivity contribution in [2.45, 2.75) is 33.1 Å². The summed E-state index contributed by atoms with van der Waals surface area (Å²) in [4.78, 5) is 31.4. The van der Waals surface area contributed by atoms with E-state index in [-0.39, 0.29) is 12.4 Å². The maximum Gasteiger partial charge on any atom is 0.337 e. The molecule has 0 spiro atoms. The van der Waals surface area contributed by atoms with Crippen LogP contribution in [0.5, 0.6) is 0 Å². The molecule has 0 bridgehead atoms. The van der Waals surface area contributed by atoms with Gasteiger partial charge in [-0.2, -0.15) is 0 Å². The van der Waals surface area contributed by atoms with Gasteiger partial charge in [-0.05, 0) is 38.8 Å². The summed E-state index contributed by atoms with van der Waals surface area (Å²) in [6, 6.07) is 8.88. The summed E-state index contributed by atoms with van der Waals surface area (Å²) in [6.45, 7) is 3.19. The molecule has 0 amide bonds. The van der Waals surface area contributed by atoms with Crippen molar-refractivity contribution < 1.29 is 29.3 Å². The minimum Gasteiger partial charge on any atom is -0.481 e. The first-order chi connectivity index (χ1) is 10.2. The molecule has 122 valence electrons. The zero-order chi connectivity index (χ0) is 17.2. The molecule has 0 atom stereocenters. The Morgan fingerprint density at radius 3 is 2.05 bits per heavy atom. The van der Waals surface area contributed by atoms with Crippen molar-refractivity contribution in [3.8, 4) is 0 Å². The predicted molar refractivity (Wildman–Crippen MR) is 80.7 cm³/mol. The van der Waals surface area contributed by atoms with Gasteiger partial charge in [0.25, 0.3) is 0 Å². The lowest BCUT2D eigenvalue weighted by molar-refractivity contribution is -0.148. The Hall–Kier alpha value is -2.37. The third-order valence-electron chi connectivity index (χ3n) is 2.97. The third kappa shape index (κ3) is 8.04. The first-order valence-electron chi connectivity index (χ1n) is 6.79. The van der Waals surface area contributed by atoms with Crippen LogP contribution >= 0.6 is 0 Å². The van der Waals surface area contributed by atoms with E-state index >= 15 is 0 Å². The van der Waals surface area contributed by atoms with Crippen molar-refractivity contribution in [2.24, 2.45) is 5.41 Å². The molecule has 0 unspecified atom stereocenters. The standard InChI is InChI=1S/C8H14O4.C8H8O2/c1-8(2,7(11)12)5-3-4-6(9)10;1-10-8(9)7-5-3-2-4-6-7/h3-5H2,1-2H3,(H,9,10)(H,11,12);2-6H,1H3. The summed E-state index contributed by atoms with van der Waals surface area (Å²) in [7, 11) is 1.37. The van der Waals surface area contributed by atoms with Gasteiger partial charge in [-0.1, -0.05) is 18.2 Å². The highest BCUT2D eigenvalue weighted by molar-refractivity contribution is 5.89. The van der Waals surface area contributed by atoms with Gasteiger partial charge < -0.3 is 14.9 Å². The molecule has 0 saturated heterocycles. The van der Waals surface area contributed by atoms with E-state index in [9.17, 15) is 14.4 Å². The van der Waals surface area contributed by atoms with Gasteiger partial charge in [0.15, 0.2) is 0 Å². The second-order valence-electron chi connectivity index (χ2n) is 5.29. The second-order valence-corrected chi connectivity index (χ2v) is 5.29. The molecular formula is C16H22O6. The number of methoxy groups -OCH3 is 1. The minimum absolute atomic E-state index is 0.0384. The largest absolute Gasteiger partial charge is 0.481 e. The van der Waals surface area contributed by atoms with Crippen LogP contribution in [0.25, 0.3) is 0 Å². The second kappa shape index (κ2) is 9.55. The van der Waals surface area contributed by atoms with Crippen molar-refractivity contribution in [2.75, 3.05) is 7.11 Å². The summed E-state index contributed by atoms with van der Waals surface area (Å²) >= 11 is 0. The molecule has 6 nitrogen and oxygen atoms in total. The Labute approximate surface area is 129 Å². The molecule has 0 radical (unpaired) electrons. The van der Waals surface area contributed by atoms with Gasteiger partial charge in [-0.15, -0.1) is 0 Å². The number of esters is 1. The number of aliphatic carboxylic acids is 2. The first kappa shape index (κ1) is 19.6. The van der Waals surface area contributed by atoms with Gasteiger partial charge in [-0.3, -0.25) is 9.59 Å². The third-order valence-corrected chi connectivity index (χ3v) is 2.97. The molecule has 0 heterocycles. The smallest absolute Gasteiger partial charge is 0.337 e. The van der Waals surface area contributed by atoms with Gasteiger partial charge in [-0.25, -0.2) is 4.79 Å². The molecule has 22 heavy (non-hydrogen) atoms. The lowest BCUT2D eigenvalue weighted by atomic mass is 9.87. The van der Waals surface area contributed by atoms with Gasteiger partial charge in [0.1, 0.15) is 0 Å². The number of carboxylic acid groups (broad SMARTS) is 2. The SMILES string of the molecule is CC(C)(CCCC(=O)O)C(=O)O.COC(=O)c1ccccc1. The highest BCUT2D eigenvalue weighted by Crippen LogP contribution is 2.23. The lowest BCUT2D eigenvalue weighted by Gasteiger charge is -2.17. The number of carbonyl (C=O) groups is 3. The van der Waals surface area contributed by atoms with E-state index in [1.54, 1.807) is 38.1 Å². The fourth-order valence-electron chi connectivity index (χ4n) is 1.48. The molecule has 0 aromatic heterocycles. The molecule has 0 aliphatic heterocycles. The Morgan fingerprint density at radius 2 is 1.64 bits per heavy atom. The Kier molecular flexibility index (Phi) is 8.52. The number of carbonyl (C=O) groups excluding carboxylic acids is 1. The van der Waals surface area contributed by atoms with Crippen LogP contribution in [0.3, 0.4) is 0 Å². The molecule has 1 aromatic rings. The first-order valence-corrected chi connectivity index (χ1v) is 6.79. The monoisotopic (exact) mass is 310 g/mol. The number of benzene rings is 1. The van der Waals surface area contributed by atoms with Crippen LogP contribution in [0.1, 0.15) is 43.5 Å². The summed E-state index contributed by atoms with van der Waals surface area (Å²) < 4.78 is 4.50. The van der Waals surface area contributed by atoms with Gasteiger partial charge >= 0.3 is 17.9 Å². The quantitative estimate of drug-likeness (QED) is 0.783. The van der Waals surface area contributed by atoms with Crippen molar-refractivity contribution >= 4 is 17.9 Å². The molecule has 0 fully saturated rings. The lowest BCUT2D eigenvalue weighted by Crippen LogP contribution is -2.23. The predicted octanol–water partition coefficient (Wildman–Crippen LogP) is 2.83. The van der Waals surface area contributed by atoms with E-state index in [0.29, 0.717) is 18.4 Å². The topological polar surface area (TPSA) is 101 Å². The van der Waals surface area contributed by atoms with Gasteiger partial charge in [0.2, 0.25) is 0 Å². The van der Waals surface area contributed by atoms with E-state index in [1.807, 2.05) is 6.07 Å². The van der Waals surface area contributed by atoms with E-state index < -0.39 is 17.4 Å². The maximum absolute atomic E-state index is 10.8. The van der Waals surface area contributed by atoms with Crippen molar-refractivity contribution in [3.05, 3.63) is 35.9 Å². The minimum atomic E-state index is -0.882. The van der Waals surface area contributed by atoms with E-state index in [1.165, 1.54) is 7.11 Å². The number of hydrogen-bond acceptors (Lipinski definition) is 4. The number of carboxylic acids is 2. The van der Waals surface area contributed by atoms with Gasteiger partial charge in [0.05, 0.1) is 18.1 Å². The zero-order valence-corrected chi connectivity index (χ0v) is 13.0. The summed E-state index contributed by atoms with van der Waals surface area (Å²) in [5.74, 6) is -2.05. The zero-order valence-electron chi connectivity index (χ0n) is 13.0. The molecule has 0 aliphatic carbocycles. The molecule has 1 aromatic carbocycles. The van der Waals surface area contributed by atoms with Crippen LogP contribution in [0, 0.1) is 5.41 Å². The van der Waals surface area contributed by atoms with E-state index in [4.69, 9.17) is 10.2 Å². The summed E-state index contributed by atoms with van der Waals surface area (Å²) in [5, 5.41) is 17.0. The molecule has 1 rings (SSSR count).